The number of nitrogens with zero attached hydrogens (tertiary/aromatic N) is 4. The van der Waals surface area contributed by atoms with Crippen molar-refractivity contribution in [2.24, 2.45) is 5.41 Å². The van der Waals surface area contributed by atoms with Gasteiger partial charge in [-0.05, 0) is 37.1 Å². The normalized spacial score (nSPS) is 18.1. The summed E-state index contributed by atoms with van der Waals surface area (Å²) in [5.74, 6) is -1.50. The fourth-order valence-corrected chi connectivity index (χ4v) is 6.96. The van der Waals surface area contributed by atoms with E-state index >= 15 is 0 Å². The van der Waals surface area contributed by atoms with Crippen LogP contribution >= 0.6 is 11.3 Å². The number of aromatic nitrogens is 3. The van der Waals surface area contributed by atoms with Crippen molar-refractivity contribution in [3.05, 3.63) is 64.9 Å². The van der Waals surface area contributed by atoms with Gasteiger partial charge < -0.3 is 0 Å². The first kappa shape index (κ1) is 27.6. The molecule has 0 spiro atoms. The van der Waals surface area contributed by atoms with E-state index in [0.29, 0.717) is 32.0 Å². The van der Waals surface area contributed by atoms with Crippen molar-refractivity contribution in [1.29, 1.82) is 0 Å². The summed E-state index contributed by atoms with van der Waals surface area (Å²) >= 11 is 1.00. The van der Waals surface area contributed by atoms with E-state index in [1.54, 1.807) is 6.20 Å². The number of ketones is 2. The summed E-state index contributed by atoms with van der Waals surface area (Å²) in [5, 5.41) is 8.46. The highest BCUT2D eigenvalue weighted by Crippen LogP contribution is 2.43. The Bertz CT molecular complexity index is 1330. The summed E-state index contributed by atoms with van der Waals surface area (Å²) < 4.78 is 27.6. The number of hydrogen-bond acceptors (Lipinski definition) is 7. The van der Waals surface area contributed by atoms with Gasteiger partial charge in [0.2, 0.25) is 0 Å². The number of Topliss-reactive ketones (excluding diaryl/α,β-unsaturated/α-hetero) is 2. The second-order valence-corrected chi connectivity index (χ2v) is 12.8. The van der Waals surface area contributed by atoms with Crippen LogP contribution in [0.25, 0.3) is 10.6 Å². The monoisotopic (exact) mass is 552 g/mol. The van der Waals surface area contributed by atoms with Gasteiger partial charge in [-0.25, -0.2) is 8.78 Å². The molecule has 3 heterocycles. The van der Waals surface area contributed by atoms with Gasteiger partial charge in [-0.3, -0.25) is 19.5 Å². The zero-order valence-corrected chi connectivity index (χ0v) is 23.3. The van der Waals surface area contributed by atoms with E-state index in [9.17, 15) is 18.4 Å². The van der Waals surface area contributed by atoms with E-state index in [1.165, 1.54) is 25.3 Å². The first-order valence-electron chi connectivity index (χ1n) is 13.6. The van der Waals surface area contributed by atoms with E-state index in [-0.39, 0.29) is 33.6 Å². The lowest BCUT2D eigenvalue weighted by atomic mass is 9.69. The lowest BCUT2D eigenvalue weighted by molar-refractivity contribution is -0.127. The molecule has 6 nitrogen and oxygen atoms in total. The molecule has 0 unspecified atom stereocenters. The Morgan fingerprint density at radius 3 is 2.51 bits per heavy atom. The molecule has 2 fully saturated rings. The zero-order chi connectivity index (χ0) is 27.6. The molecule has 39 heavy (non-hydrogen) atoms. The fourth-order valence-electron chi connectivity index (χ4n) is 6.16. The molecule has 206 valence electrons. The van der Waals surface area contributed by atoms with E-state index in [0.717, 1.165) is 42.0 Å². The van der Waals surface area contributed by atoms with E-state index in [1.807, 2.05) is 32.0 Å². The standard InChI is InChI=1S/C30H34F2N4O2S/c1-29(2,26-10-6-7-13-33-26)15-22(37)16-30(18-36(19-30)21-8-4-3-5-9-21)17-25(38)28-35-34-27(39-28)23-12-11-20(31)14-24(23)32/h6-7,10-14,21H,3-5,8-9,15-19H2,1-2H3. The minimum Gasteiger partial charge on any atom is -0.300 e. The van der Waals surface area contributed by atoms with Crippen LogP contribution < -0.4 is 0 Å². The van der Waals surface area contributed by atoms with Crippen LogP contribution in [-0.4, -0.2) is 50.8 Å². The van der Waals surface area contributed by atoms with E-state index in [2.05, 4.69) is 20.1 Å². The molecule has 1 aliphatic heterocycles. The summed E-state index contributed by atoms with van der Waals surface area (Å²) in [4.78, 5) is 33.8. The van der Waals surface area contributed by atoms with Crippen LogP contribution in [0.15, 0.2) is 42.6 Å². The van der Waals surface area contributed by atoms with Crippen LogP contribution in [0.4, 0.5) is 8.78 Å². The van der Waals surface area contributed by atoms with Crippen LogP contribution in [0.5, 0.6) is 0 Å². The predicted molar refractivity (Wildman–Crippen MR) is 147 cm³/mol. The summed E-state index contributed by atoms with van der Waals surface area (Å²) in [6.45, 7) is 5.46. The summed E-state index contributed by atoms with van der Waals surface area (Å²) in [5.41, 5.74) is 0.111. The molecule has 9 heteroatoms. The van der Waals surface area contributed by atoms with Crippen molar-refractivity contribution >= 4 is 22.9 Å². The minimum atomic E-state index is -0.746. The van der Waals surface area contributed by atoms with Gasteiger partial charge in [-0.2, -0.15) is 0 Å². The quantitative estimate of drug-likeness (QED) is 0.271. The molecule has 2 aromatic heterocycles. The molecule has 1 aromatic carbocycles. The van der Waals surface area contributed by atoms with Gasteiger partial charge in [0.05, 0.1) is 0 Å². The van der Waals surface area contributed by atoms with Gasteiger partial charge in [0.25, 0.3) is 0 Å². The number of rotatable bonds is 10. The maximum atomic E-state index is 14.3. The van der Waals surface area contributed by atoms with Gasteiger partial charge in [-0.15, -0.1) is 10.2 Å². The number of likely N-dealkylation sites (tertiary alicyclic amines) is 1. The third kappa shape index (κ3) is 6.30. The first-order chi connectivity index (χ1) is 18.6. The Labute approximate surface area is 231 Å². The van der Waals surface area contributed by atoms with Gasteiger partial charge in [0, 0.05) is 72.7 Å². The van der Waals surface area contributed by atoms with E-state index in [4.69, 9.17) is 0 Å². The molecule has 2 aliphatic rings. The van der Waals surface area contributed by atoms with Crippen LogP contribution in [0.3, 0.4) is 0 Å². The van der Waals surface area contributed by atoms with Crippen LogP contribution in [0.2, 0.25) is 0 Å². The largest absolute Gasteiger partial charge is 0.300 e. The Hall–Kier alpha value is -2.91. The average molecular weight is 553 g/mol. The smallest absolute Gasteiger partial charge is 0.194 e. The maximum absolute atomic E-state index is 14.3. The van der Waals surface area contributed by atoms with Gasteiger partial charge in [0.1, 0.15) is 17.4 Å². The van der Waals surface area contributed by atoms with Crippen LogP contribution in [0.1, 0.15) is 80.7 Å². The number of benzene rings is 1. The highest BCUT2D eigenvalue weighted by atomic mass is 32.1. The molecule has 0 atom stereocenters. The third-order valence-corrected chi connectivity index (χ3v) is 9.10. The molecule has 0 amide bonds. The Morgan fingerprint density at radius 2 is 1.82 bits per heavy atom. The predicted octanol–water partition coefficient (Wildman–Crippen LogP) is 6.41. The topological polar surface area (TPSA) is 76.1 Å². The number of halogens is 2. The molecule has 1 saturated heterocycles. The van der Waals surface area contributed by atoms with E-state index < -0.39 is 22.5 Å². The number of pyridine rings is 1. The molecule has 5 rings (SSSR count). The maximum Gasteiger partial charge on any atom is 0.194 e. The summed E-state index contributed by atoms with van der Waals surface area (Å²) in [6, 6.07) is 9.49. The van der Waals surface area contributed by atoms with Crippen molar-refractivity contribution in [2.45, 2.75) is 76.7 Å². The molecule has 1 saturated carbocycles. The first-order valence-corrected chi connectivity index (χ1v) is 14.5. The van der Waals surface area contributed by atoms with Gasteiger partial charge >= 0.3 is 0 Å². The molecule has 0 bridgehead atoms. The molecular formula is C30H34F2N4O2S. The number of carbonyl (C=O) groups is 2. The van der Waals surface area contributed by atoms with Crippen LogP contribution in [-0.2, 0) is 10.2 Å². The highest BCUT2D eigenvalue weighted by Gasteiger charge is 2.48. The average Bonchev–Trinajstić information content (AvgIpc) is 3.38. The van der Waals surface area contributed by atoms with Crippen molar-refractivity contribution < 1.29 is 18.4 Å². The Morgan fingerprint density at radius 1 is 1.05 bits per heavy atom. The fraction of sp³-hybridized carbons (Fsp3) is 0.500. The van der Waals surface area contributed by atoms with Gasteiger partial charge in [0.15, 0.2) is 15.8 Å². The van der Waals surface area contributed by atoms with Gasteiger partial charge in [-0.1, -0.05) is 50.5 Å². The molecular weight excluding hydrogens is 518 g/mol. The molecule has 1 aliphatic carbocycles. The Kier molecular flexibility index (Phi) is 8.01. The number of hydrogen-bond donors (Lipinski definition) is 0. The van der Waals surface area contributed by atoms with Crippen molar-refractivity contribution in [3.8, 4) is 10.6 Å². The second-order valence-electron chi connectivity index (χ2n) is 11.8. The second kappa shape index (κ2) is 11.3. The lowest BCUT2D eigenvalue weighted by Crippen LogP contribution is -2.61. The third-order valence-electron chi connectivity index (χ3n) is 8.10. The lowest BCUT2D eigenvalue weighted by Gasteiger charge is -2.54. The molecule has 0 N–H and O–H groups in total. The molecule has 0 radical (unpaired) electrons. The molecule has 3 aromatic rings. The summed E-state index contributed by atoms with van der Waals surface area (Å²) in [7, 11) is 0. The van der Waals surface area contributed by atoms with Crippen molar-refractivity contribution in [2.75, 3.05) is 13.1 Å². The SMILES string of the molecule is CC(C)(CC(=O)CC1(CC(=O)c2nnc(-c3ccc(F)cc3F)s2)CN(C2CCCCC2)C1)c1ccccn1. The highest BCUT2D eigenvalue weighted by molar-refractivity contribution is 7.16. The Balaban J connectivity index is 1.31. The zero-order valence-electron chi connectivity index (χ0n) is 22.5. The van der Waals surface area contributed by atoms with Crippen LogP contribution in [0, 0.1) is 17.0 Å². The summed E-state index contributed by atoms with van der Waals surface area (Å²) in [6.07, 6.45) is 8.61. The number of carbonyl (C=O) groups excluding carboxylic acids is 2. The van der Waals surface area contributed by atoms with Crippen molar-refractivity contribution in [3.63, 3.8) is 0 Å². The minimum absolute atomic E-state index is 0.113. The van der Waals surface area contributed by atoms with Crippen molar-refractivity contribution in [1.82, 2.24) is 20.1 Å².